The molecule has 0 saturated heterocycles. The van der Waals surface area contributed by atoms with Gasteiger partial charge in [0.2, 0.25) is 0 Å². The molecule has 0 bridgehead atoms. The lowest BCUT2D eigenvalue weighted by atomic mass is 9.96. The fraction of sp³-hybridized carbons (Fsp3) is 0. The van der Waals surface area contributed by atoms with E-state index in [9.17, 15) is 0 Å². The van der Waals surface area contributed by atoms with Gasteiger partial charge in [0.25, 0.3) is 0 Å². The van der Waals surface area contributed by atoms with Gasteiger partial charge in [-0.1, -0.05) is 133 Å². The smallest absolute Gasteiger partial charge is 0.145 e. The molecule has 0 saturated carbocycles. The molecular formula is C72H34N4O2. The molecule has 0 unspecified atom stereocenters. The van der Waals surface area contributed by atoms with E-state index in [0.29, 0.717) is 0 Å². The molecule has 22 rings (SSSR count). The summed E-state index contributed by atoms with van der Waals surface area (Å²) in [5.41, 5.74) is 20.8. The number of aromatic nitrogens is 4. The Balaban J connectivity index is 0.864. The average molecular weight is 987 g/mol. The SMILES string of the molecule is c1ccc2c(c1)oc1cc3c4c5c6cccc7c8c(-c9ccc%10c%11cc%12c(c%13cccc%14c%15ccccc%15n%12c%14%13)c%12c%13c%14oc%15ccccc%15c%14ccc%13n(c%10c9)c%11%12)cccc8n(c5cc5c8ccccc8n(c3cc12)c54)c76. The number of hydrogen-bond acceptors (Lipinski definition) is 2. The van der Waals surface area contributed by atoms with Crippen LogP contribution in [0.1, 0.15) is 0 Å². The van der Waals surface area contributed by atoms with Crippen LogP contribution in [0.5, 0.6) is 0 Å². The molecule has 10 heterocycles. The molecule has 0 radical (unpaired) electrons. The molecule has 0 atom stereocenters. The van der Waals surface area contributed by atoms with E-state index in [4.69, 9.17) is 8.83 Å². The van der Waals surface area contributed by atoms with E-state index < -0.39 is 0 Å². The van der Waals surface area contributed by atoms with Gasteiger partial charge in [-0.2, -0.15) is 0 Å². The Bertz CT molecular complexity index is 6550. The van der Waals surface area contributed by atoms with E-state index in [1.165, 1.54) is 158 Å². The van der Waals surface area contributed by atoms with Crippen LogP contribution in [0.15, 0.2) is 215 Å². The average Bonchev–Trinajstić information content (AvgIpc) is 3.57. The lowest BCUT2D eigenvalue weighted by molar-refractivity contribution is 0.669. The maximum absolute atomic E-state index is 7.00. The highest BCUT2D eigenvalue weighted by Crippen LogP contribution is 2.53. The van der Waals surface area contributed by atoms with Crippen molar-refractivity contribution in [3.05, 3.63) is 206 Å². The summed E-state index contributed by atoms with van der Waals surface area (Å²) in [6.07, 6.45) is 0. The van der Waals surface area contributed by atoms with Gasteiger partial charge in [0.15, 0.2) is 0 Å². The molecule has 78 heavy (non-hydrogen) atoms. The molecule has 0 fully saturated rings. The maximum atomic E-state index is 7.00. The van der Waals surface area contributed by atoms with Crippen molar-refractivity contribution in [1.82, 2.24) is 17.6 Å². The van der Waals surface area contributed by atoms with Gasteiger partial charge in [0.05, 0.1) is 71.6 Å². The molecule has 10 aromatic heterocycles. The van der Waals surface area contributed by atoms with Crippen molar-refractivity contribution < 1.29 is 8.83 Å². The number of nitrogens with zero attached hydrogens (tertiary/aromatic N) is 4. The van der Waals surface area contributed by atoms with Crippen LogP contribution in [0.2, 0.25) is 0 Å². The first-order chi connectivity index (χ1) is 38.7. The summed E-state index contributed by atoms with van der Waals surface area (Å²) in [5.74, 6) is 0. The molecular weight excluding hydrogens is 953 g/mol. The molecule has 0 aliphatic heterocycles. The molecule has 0 spiro atoms. The number of fused-ring (bicyclic) bond motifs is 33. The first-order valence-electron chi connectivity index (χ1n) is 27.0. The molecule has 6 heteroatoms. The lowest BCUT2D eigenvalue weighted by Gasteiger charge is -2.08. The van der Waals surface area contributed by atoms with Crippen LogP contribution in [0.25, 0.3) is 207 Å². The monoisotopic (exact) mass is 986 g/mol. The fourth-order valence-electron chi connectivity index (χ4n) is 16.0. The van der Waals surface area contributed by atoms with Crippen LogP contribution in [0, 0.1) is 0 Å². The summed E-state index contributed by atoms with van der Waals surface area (Å²) < 4.78 is 23.8. The topological polar surface area (TPSA) is 43.9 Å². The molecule has 22 aromatic rings. The second-order valence-electron chi connectivity index (χ2n) is 22.2. The zero-order valence-corrected chi connectivity index (χ0v) is 41.2. The number of hydrogen-bond donors (Lipinski definition) is 0. The van der Waals surface area contributed by atoms with Gasteiger partial charge in [0.1, 0.15) is 22.3 Å². The minimum atomic E-state index is 0.910. The first-order valence-corrected chi connectivity index (χ1v) is 27.0. The summed E-state index contributed by atoms with van der Waals surface area (Å²) in [7, 11) is 0. The highest BCUT2D eigenvalue weighted by Gasteiger charge is 2.30. The van der Waals surface area contributed by atoms with Gasteiger partial charge in [0, 0.05) is 102 Å². The highest BCUT2D eigenvalue weighted by atomic mass is 16.3. The van der Waals surface area contributed by atoms with Gasteiger partial charge in [-0.15, -0.1) is 0 Å². The molecule has 6 nitrogen and oxygen atoms in total. The van der Waals surface area contributed by atoms with E-state index in [-0.39, 0.29) is 0 Å². The Morgan fingerprint density at radius 1 is 0.218 bits per heavy atom. The van der Waals surface area contributed by atoms with Crippen molar-refractivity contribution in [3.8, 4) is 11.1 Å². The zero-order chi connectivity index (χ0) is 49.7. The molecule has 354 valence electrons. The predicted octanol–water partition coefficient (Wildman–Crippen LogP) is 19.8. The third-order valence-electron chi connectivity index (χ3n) is 18.8. The third kappa shape index (κ3) is 3.98. The van der Waals surface area contributed by atoms with E-state index in [2.05, 4.69) is 224 Å². The van der Waals surface area contributed by atoms with Crippen LogP contribution in [-0.4, -0.2) is 17.6 Å². The minimum Gasteiger partial charge on any atom is -0.456 e. The standard InChI is InChI=1S/C72H34N4O2/c1-5-21-51-37(12-1)42-17-9-19-46-64-58(74(51)68(42)46)33-49-39-27-26-35(30-55(39)75-54-29-28-43-40-14-3-8-25-60(40)78-72(43)66(54)67(64)71(49)75)36-16-11-23-53-62(36)44-18-10-20-45-63-57(76(53)69(44)45)32-48-38-13-2-6-22-52(38)73-56-31-47-41-15-4-7-24-59(41)77-61(47)34-50(56)65(63)70(48)73/h1-34H. The van der Waals surface area contributed by atoms with Crippen molar-refractivity contribution in [2.24, 2.45) is 0 Å². The van der Waals surface area contributed by atoms with Gasteiger partial charge in [-0.05, 0) is 83.9 Å². The van der Waals surface area contributed by atoms with Gasteiger partial charge in [-0.3, -0.25) is 0 Å². The van der Waals surface area contributed by atoms with Gasteiger partial charge < -0.3 is 26.4 Å². The Morgan fingerprint density at radius 3 is 1.50 bits per heavy atom. The number of rotatable bonds is 1. The van der Waals surface area contributed by atoms with E-state index in [0.717, 1.165) is 49.4 Å². The third-order valence-corrected chi connectivity index (χ3v) is 18.8. The Hall–Kier alpha value is -10.6. The zero-order valence-electron chi connectivity index (χ0n) is 41.2. The number of benzene rings is 12. The van der Waals surface area contributed by atoms with E-state index in [1.807, 2.05) is 0 Å². The molecule has 0 aliphatic rings. The van der Waals surface area contributed by atoms with Crippen molar-refractivity contribution in [2.75, 3.05) is 0 Å². The quantitative estimate of drug-likeness (QED) is 0.164. The maximum Gasteiger partial charge on any atom is 0.145 e. The summed E-state index contributed by atoms with van der Waals surface area (Å²) in [6.45, 7) is 0. The largest absolute Gasteiger partial charge is 0.456 e. The van der Waals surface area contributed by atoms with E-state index in [1.54, 1.807) is 0 Å². The van der Waals surface area contributed by atoms with Crippen LogP contribution in [0.4, 0.5) is 0 Å². The van der Waals surface area contributed by atoms with E-state index >= 15 is 0 Å². The summed E-state index contributed by atoms with van der Waals surface area (Å²) >= 11 is 0. The van der Waals surface area contributed by atoms with Crippen LogP contribution in [-0.2, 0) is 0 Å². The van der Waals surface area contributed by atoms with Gasteiger partial charge in [-0.25, -0.2) is 0 Å². The Morgan fingerprint density at radius 2 is 0.718 bits per heavy atom. The summed E-state index contributed by atoms with van der Waals surface area (Å²) in [5, 5.41) is 24.7. The molecule has 0 aliphatic carbocycles. The number of para-hydroxylation sites is 6. The van der Waals surface area contributed by atoms with Crippen LogP contribution in [0.3, 0.4) is 0 Å². The lowest BCUT2D eigenvalue weighted by Crippen LogP contribution is -1.85. The van der Waals surface area contributed by atoms with Crippen molar-refractivity contribution in [3.63, 3.8) is 0 Å². The highest BCUT2D eigenvalue weighted by molar-refractivity contribution is 6.42. The fourth-order valence-corrected chi connectivity index (χ4v) is 16.0. The molecule has 0 amide bonds. The van der Waals surface area contributed by atoms with Crippen molar-refractivity contribution in [2.45, 2.75) is 0 Å². The Labute approximate surface area is 437 Å². The minimum absolute atomic E-state index is 0.910. The first kappa shape index (κ1) is 38.1. The Kier molecular flexibility index (Phi) is 6.05. The predicted molar refractivity (Wildman–Crippen MR) is 325 cm³/mol. The second kappa shape index (κ2) is 12.4. The second-order valence-corrected chi connectivity index (χ2v) is 22.2. The van der Waals surface area contributed by atoms with Gasteiger partial charge >= 0.3 is 0 Å². The van der Waals surface area contributed by atoms with Crippen molar-refractivity contribution >= 4 is 196 Å². The normalized spacial score (nSPS) is 13.4. The molecule has 0 N–H and O–H groups in total. The number of furan rings is 2. The van der Waals surface area contributed by atoms with Crippen LogP contribution >= 0.6 is 0 Å². The summed E-state index contributed by atoms with van der Waals surface area (Å²) in [4.78, 5) is 0. The van der Waals surface area contributed by atoms with Crippen LogP contribution < -0.4 is 0 Å². The van der Waals surface area contributed by atoms with Crippen molar-refractivity contribution in [1.29, 1.82) is 0 Å². The summed E-state index contributed by atoms with van der Waals surface area (Å²) in [6, 6.07) is 77.0. The molecule has 12 aromatic carbocycles.